The van der Waals surface area contributed by atoms with Crippen molar-refractivity contribution in [2.75, 3.05) is 6.61 Å². The Bertz CT molecular complexity index is 430. The summed E-state index contributed by atoms with van der Waals surface area (Å²) in [5.74, 6) is 0.463. The zero-order valence-corrected chi connectivity index (χ0v) is 11.4. The van der Waals surface area contributed by atoms with Gasteiger partial charge in [-0.3, -0.25) is 9.59 Å². The third-order valence-corrected chi connectivity index (χ3v) is 3.04. The number of hydrogen-bond acceptors (Lipinski definition) is 3. The van der Waals surface area contributed by atoms with Gasteiger partial charge in [0.25, 0.3) is 0 Å². The van der Waals surface area contributed by atoms with E-state index in [0.29, 0.717) is 12.2 Å². The van der Waals surface area contributed by atoms with Crippen LogP contribution in [0.3, 0.4) is 0 Å². The van der Waals surface area contributed by atoms with Crippen LogP contribution in [0.4, 0.5) is 0 Å². The summed E-state index contributed by atoms with van der Waals surface area (Å²) < 4.78 is 5.44. The molecule has 0 aliphatic carbocycles. The van der Waals surface area contributed by atoms with Crippen molar-refractivity contribution in [3.63, 3.8) is 0 Å². The zero-order chi connectivity index (χ0) is 13.8. The van der Waals surface area contributed by atoms with Crippen LogP contribution in [0.1, 0.15) is 44.5 Å². The van der Waals surface area contributed by atoms with Gasteiger partial charge in [-0.2, -0.15) is 0 Å². The molecule has 0 radical (unpaired) electrons. The average Bonchev–Trinajstić information content (AvgIpc) is 2.35. The largest absolute Gasteiger partial charge is 0.494 e. The molecule has 1 aromatic carbocycles. The highest BCUT2D eigenvalue weighted by atomic mass is 16.5. The van der Waals surface area contributed by atoms with Crippen molar-refractivity contribution in [2.45, 2.75) is 34.1 Å². The van der Waals surface area contributed by atoms with E-state index in [-0.39, 0.29) is 11.6 Å². The van der Waals surface area contributed by atoms with Crippen LogP contribution in [0, 0.1) is 5.41 Å². The van der Waals surface area contributed by atoms with Gasteiger partial charge in [0.2, 0.25) is 0 Å². The van der Waals surface area contributed by atoms with Crippen molar-refractivity contribution in [2.24, 2.45) is 5.41 Å². The Morgan fingerprint density at radius 2 is 1.72 bits per heavy atom. The monoisotopic (exact) mass is 248 g/mol. The van der Waals surface area contributed by atoms with Crippen LogP contribution in [0.25, 0.3) is 0 Å². The molecule has 0 bridgehead atoms. The van der Waals surface area contributed by atoms with Crippen molar-refractivity contribution < 1.29 is 14.3 Å². The first kappa shape index (κ1) is 14.4. The minimum atomic E-state index is -0.966. The molecule has 1 rings (SSSR count). The summed E-state index contributed by atoms with van der Waals surface area (Å²) in [7, 11) is 0. The Labute approximate surface area is 108 Å². The second kappa shape index (κ2) is 5.80. The van der Waals surface area contributed by atoms with E-state index in [1.165, 1.54) is 6.92 Å². The normalized spacial score (nSPS) is 11.1. The lowest BCUT2D eigenvalue weighted by Crippen LogP contribution is -2.31. The molecule has 3 heteroatoms. The van der Waals surface area contributed by atoms with E-state index in [1.807, 2.05) is 6.92 Å². The van der Waals surface area contributed by atoms with Crippen molar-refractivity contribution in [1.29, 1.82) is 0 Å². The second-order valence-electron chi connectivity index (χ2n) is 4.88. The molecular weight excluding hydrogens is 228 g/mol. The lowest BCUT2D eigenvalue weighted by atomic mass is 9.81. The molecule has 0 unspecified atom stereocenters. The molecule has 0 fully saturated rings. The molecule has 0 aliphatic heterocycles. The maximum Gasteiger partial charge on any atom is 0.175 e. The lowest BCUT2D eigenvalue weighted by molar-refractivity contribution is -0.122. The van der Waals surface area contributed by atoms with Crippen LogP contribution in [0.15, 0.2) is 24.3 Å². The Balaban J connectivity index is 2.85. The van der Waals surface area contributed by atoms with Crippen LogP contribution >= 0.6 is 0 Å². The highest BCUT2D eigenvalue weighted by molar-refractivity contribution is 6.13. The number of ether oxygens (including phenoxy) is 1. The van der Waals surface area contributed by atoms with Crippen molar-refractivity contribution in [1.82, 2.24) is 0 Å². The summed E-state index contributed by atoms with van der Waals surface area (Å²) in [4.78, 5) is 23.6. The van der Waals surface area contributed by atoms with Gasteiger partial charge >= 0.3 is 0 Å². The Morgan fingerprint density at radius 1 is 1.17 bits per heavy atom. The standard InChI is InChI=1S/C15H20O3/c1-5-10-18-13-8-6-12(7-9-13)14(17)15(3,4)11(2)16/h6-9H,5,10H2,1-4H3. The molecule has 98 valence electrons. The van der Waals surface area contributed by atoms with Crippen molar-refractivity contribution in [3.05, 3.63) is 29.8 Å². The number of carbonyl (C=O) groups excluding carboxylic acids is 2. The molecule has 0 saturated carbocycles. The highest BCUT2D eigenvalue weighted by Gasteiger charge is 2.33. The maximum atomic E-state index is 12.2. The first-order valence-corrected chi connectivity index (χ1v) is 6.18. The van der Waals surface area contributed by atoms with Gasteiger partial charge in [-0.1, -0.05) is 6.92 Å². The van der Waals surface area contributed by atoms with Gasteiger partial charge in [-0.15, -0.1) is 0 Å². The van der Waals surface area contributed by atoms with E-state index in [4.69, 9.17) is 4.74 Å². The molecule has 0 aromatic heterocycles. The summed E-state index contributed by atoms with van der Waals surface area (Å²) in [6, 6.07) is 6.94. The van der Waals surface area contributed by atoms with Gasteiger partial charge in [-0.25, -0.2) is 0 Å². The van der Waals surface area contributed by atoms with E-state index in [9.17, 15) is 9.59 Å². The second-order valence-corrected chi connectivity index (χ2v) is 4.88. The van der Waals surface area contributed by atoms with Crippen molar-refractivity contribution >= 4 is 11.6 Å². The molecule has 0 saturated heterocycles. The fourth-order valence-electron chi connectivity index (χ4n) is 1.44. The number of ketones is 2. The number of hydrogen-bond donors (Lipinski definition) is 0. The minimum absolute atomic E-state index is 0.126. The van der Waals surface area contributed by atoms with Crippen LogP contribution < -0.4 is 4.74 Å². The van der Waals surface area contributed by atoms with E-state index >= 15 is 0 Å². The lowest BCUT2D eigenvalue weighted by Gasteiger charge is -2.19. The molecule has 0 spiro atoms. The summed E-state index contributed by atoms with van der Waals surface area (Å²) in [6.07, 6.45) is 0.943. The first-order chi connectivity index (χ1) is 8.39. The minimum Gasteiger partial charge on any atom is -0.494 e. The first-order valence-electron chi connectivity index (χ1n) is 6.18. The number of carbonyl (C=O) groups is 2. The van der Waals surface area contributed by atoms with Gasteiger partial charge in [0.05, 0.1) is 12.0 Å². The molecule has 3 nitrogen and oxygen atoms in total. The molecular formula is C15H20O3. The van der Waals surface area contributed by atoms with E-state index in [0.717, 1.165) is 12.2 Å². The third kappa shape index (κ3) is 3.19. The molecule has 0 heterocycles. The maximum absolute atomic E-state index is 12.2. The fourth-order valence-corrected chi connectivity index (χ4v) is 1.44. The third-order valence-electron chi connectivity index (χ3n) is 3.04. The van der Waals surface area contributed by atoms with Crippen LogP contribution in [-0.2, 0) is 4.79 Å². The zero-order valence-electron chi connectivity index (χ0n) is 11.4. The summed E-state index contributed by atoms with van der Waals surface area (Å²) in [5.41, 5.74) is -0.426. The summed E-state index contributed by atoms with van der Waals surface area (Å²) in [5, 5.41) is 0. The molecule has 0 N–H and O–H groups in total. The summed E-state index contributed by atoms with van der Waals surface area (Å²) >= 11 is 0. The Hall–Kier alpha value is -1.64. The van der Waals surface area contributed by atoms with E-state index < -0.39 is 5.41 Å². The summed E-state index contributed by atoms with van der Waals surface area (Å²) in [6.45, 7) is 7.44. The van der Waals surface area contributed by atoms with Gasteiger partial charge in [0.1, 0.15) is 11.5 Å². The van der Waals surface area contributed by atoms with Crippen LogP contribution in [0.2, 0.25) is 0 Å². The predicted molar refractivity (Wildman–Crippen MR) is 71.0 cm³/mol. The number of benzene rings is 1. The molecule has 0 aliphatic rings. The quantitative estimate of drug-likeness (QED) is 0.573. The number of rotatable bonds is 6. The Morgan fingerprint density at radius 3 is 2.17 bits per heavy atom. The number of Topliss-reactive ketones (excluding diaryl/α,β-unsaturated/α-hetero) is 2. The Kier molecular flexibility index (Phi) is 4.65. The average molecular weight is 248 g/mol. The molecule has 0 amide bonds. The van der Waals surface area contributed by atoms with Crippen molar-refractivity contribution in [3.8, 4) is 5.75 Å². The fraction of sp³-hybridized carbons (Fsp3) is 0.467. The van der Waals surface area contributed by atoms with Crippen LogP contribution in [0.5, 0.6) is 5.75 Å². The predicted octanol–water partition coefficient (Wildman–Crippen LogP) is 3.27. The molecule has 0 atom stereocenters. The van der Waals surface area contributed by atoms with E-state index in [1.54, 1.807) is 38.1 Å². The van der Waals surface area contributed by atoms with Crippen LogP contribution in [-0.4, -0.2) is 18.2 Å². The molecule has 1 aromatic rings. The SMILES string of the molecule is CCCOc1ccc(C(=O)C(C)(C)C(C)=O)cc1. The van der Waals surface area contributed by atoms with E-state index in [2.05, 4.69) is 0 Å². The topological polar surface area (TPSA) is 43.4 Å². The molecule has 18 heavy (non-hydrogen) atoms. The highest BCUT2D eigenvalue weighted by Crippen LogP contribution is 2.24. The van der Waals surface area contributed by atoms with Gasteiger partial charge in [0.15, 0.2) is 5.78 Å². The smallest absolute Gasteiger partial charge is 0.175 e. The van der Waals surface area contributed by atoms with Gasteiger partial charge < -0.3 is 4.74 Å². The van der Waals surface area contributed by atoms with Gasteiger partial charge in [-0.05, 0) is 51.5 Å². The van der Waals surface area contributed by atoms with Gasteiger partial charge in [0, 0.05) is 5.56 Å².